The van der Waals surface area contributed by atoms with Crippen molar-refractivity contribution in [2.24, 2.45) is 11.3 Å². The summed E-state index contributed by atoms with van der Waals surface area (Å²) in [5.74, 6) is 0.943. The lowest BCUT2D eigenvalue weighted by Crippen LogP contribution is -2.56. The molecule has 3 fully saturated rings. The molecule has 1 saturated carbocycles. The van der Waals surface area contributed by atoms with Crippen LogP contribution in [0, 0.1) is 11.3 Å². The number of rotatable bonds is 2. The predicted molar refractivity (Wildman–Crippen MR) is 101 cm³/mol. The standard InChI is InChI=1S/C18H25N3O2S.ClH/c22-16(15-5-3-11-24-15)20-7-9-21(10-8-20)17(23)18-6-2-1-4-14(18)12-19-13-18;/h3,5,11,14,19H,1-2,4,6-10,12-13H2;1H/t14-,18+;/m0./s1. The minimum absolute atomic E-state index is 0. The largest absolute Gasteiger partial charge is 0.339 e. The summed E-state index contributed by atoms with van der Waals surface area (Å²) < 4.78 is 0. The molecule has 0 aromatic carbocycles. The van der Waals surface area contributed by atoms with Gasteiger partial charge in [0, 0.05) is 32.7 Å². The predicted octanol–water partition coefficient (Wildman–Crippen LogP) is 2.23. The van der Waals surface area contributed by atoms with Gasteiger partial charge in [-0.15, -0.1) is 23.7 Å². The zero-order valence-corrected chi connectivity index (χ0v) is 16.0. The molecule has 3 heterocycles. The van der Waals surface area contributed by atoms with Crippen LogP contribution in [-0.2, 0) is 4.79 Å². The first-order chi connectivity index (χ1) is 11.7. The summed E-state index contributed by atoms with van der Waals surface area (Å²) in [4.78, 5) is 30.4. The van der Waals surface area contributed by atoms with Crippen molar-refractivity contribution in [1.82, 2.24) is 15.1 Å². The zero-order chi connectivity index (χ0) is 16.6. The first kappa shape index (κ1) is 18.7. The molecule has 5 nitrogen and oxygen atoms in total. The first-order valence-corrected chi connectivity index (χ1v) is 9.91. The van der Waals surface area contributed by atoms with Gasteiger partial charge in [-0.3, -0.25) is 9.59 Å². The molecular weight excluding hydrogens is 358 g/mol. The van der Waals surface area contributed by atoms with Crippen molar-refractivity contribution in [3.05, 3.63) is 22.4 Å². The molecule has 0 spiro atoms. The molecular formula is C18H26ClN3O2S. The van der Waals surface area contributed by atoms with Gasteiger partial charge < -0.3 is 15.1 Å². The lowest BCUT2D eigenvalue weighted by atomic mass is 9.67. The Morgan fingerprint density at radius 3 is 2.64 bits per heavy atom. The van der Waals surface area contributed by atoms with E-state index >= 15 is 0 Å². The molecule has 25 heavy (non-hydrogen) atoms. The Labute approximate surface area is 159 Å². The summed E-state index contributed by atoms with van der Waals surface area (Å²) in [6, 6.07) is 3.79. The fraction of sp³-hybridized carbons (Fsp3) is 0.667. The van der Waals surface area contributed by atoms with Gasteiger partial charge in [0.15, 0.2) is 0 Å². The van der Waals surface area contributed by atoms with E-state index in [0.29, 0.717) is 38.0 Å². The van der Waals surface area contributed by atoms with Gasteiger partial charge >= 0.3 is 0 Å². The number of carbonyl (C=O) groups excluding carboxylic acids is 2. The number of thiophene rings is 1. The van der Waals surface area contributed by atoms with Crippen LogP contribution in [0.5, 0.6) is 0 Å². The second kappa shape index (κ2) is 7.64. The molecule has 1 aliphatic carbocycles. The van der Waals surface area contributed by atoms with Crippen molar-refractivity contribution in [3.63, 3.8) is 0 Å². The van der Waals surface area contributed by atoms with E-state index in [1.807, 2.05) is 27.3 Å². The number of hydrogen-bond acceptors (Lipinski definition) is 4. The van der Waals surface area contributed by atoms with Crippen LogP contribution in [0.3, 0.4) is 0 Å². The molecule has 2 atom stereocenters. The third kappa shape index (κ3) is 3.32. The summed E-state index contributed by atoms with van der Waals surface area (Å²) in [6.45, 7) is 4.47. The molecule has 138 valence electrons. The molecule has 0 unspecified atom stereocenters. The zero-order valence-electron chi connectivity index (χ0n) is 14.4. The molecule has 2 amide bonds. The Kier molecular flexibility index (Phi) is 5.71. The van der Waals surface area contributed by atoms with Crippen LogP contribution in [0.4, 0.5) is 0 Å². The fourth-order valence-electron chi connectivity index (χ4n) is 4.65. The highest BCUT2D eigenvalue weighted by Crippen LogP contribution is 2.45. The number of amides is 2. The second-order valence-corrected chi connectivity index (χ2v) is 8.24. The van der Waals surface area contributed by atoms with E-state index in [4.69, 9.17) is 0 Å². The lowest BCUT2D eigenvalue weighted by molar-refractivity contribution is -0.146. The molecule has 2 saturated heterocycles. The van der Waals surface area contributed by atoms with Gasteiger partial charge in [0.1, 0.15) is 0 Å². The van der Waals surface area contributed by atoms with Crippen LogP contribution >= 0.6 is 23.7 Å². The maximum Gasteiger partial charge on any atom is 0.264 e. The maximum absolute atomic E-state index is 13.2. The molecule has 2 aliphatic heterocycles. The van der Waals surface area contributed by atoms with Crippen molar-refractivity contribution in [2.45, 2.75) is 25.7 Å². The third-order valence-corrected chi connectivity index (χ3v) is 6.91. The summed E-state index contributed by atoms with van der Waals surface area (Å²) >= 11 is 1.49. The minimum atomic E-state index is -0.168. The monoisotopic (exact) mass is 383 g/mol. The van der Waals surface area contributed by atoms with E-state index < -0.39 is 0 Å². The summed E-state index contributed by atoms with van der Waals surface area (Å²) in [5, 5.41) is 5.39. The Morgan fingerprint density at radius 2 is 1.92 bits per heavy atom. The van der Waals surface area contributed by atoms with Crippen molar-refractivity contribution >= 4 is 35.6 Å². The fourth-order valence-corrected chi connectivity index (χ4v) is 5.34. The Bertz CT molecular complexity index is 616. The first-order valence-electron chi connectivity index (χ1n) is 9.03. The summed E-state index contributed by atoms with van der Waals surface area (Å²) in [7, 11) is 0. The average molecular weight is 384 g/mol. The smallest absolute Gasteiger partial charge is 0.264 e. The minimum Gasteiger partial charge on any atom is -0.339 e. The topological polar surface area (TPSA) is 52.7 Å². The van der Waals surface area contributed by atoms with Crippen molar-refractivity contribution in [2.75, 3.05) is 39.3 Å². The van der Waals surface area contributed by atoms with Gasteiger partial charge in [-0.2, -0.15) is 0 Å². The molecule has 1 aromatic heterocycles. The molecule has 0 bridgehead atoms. The SMILES string of the molecule is Cl.O=C(c1cccs1)N1CCN(C(=O)[C@@]23CCCC[C@H]2CNC3)CC1. The number of piperazine rings is 1. The van der Waals surface area contributed by atoms with E-state index in [0.717, 1.165) is 24.4 Å². The van der Waals surface area contributed by atoms with E-state index in [-0.39, 0.29) is 23.7 Å². The quantitative estimate of drug-likeness (QED) is 0.852. The van der Waals surface area contributed by atoms with Crippen molar-refractivity contribution in [1.29, 1.82) is 0 Å². The number of hydrogen-bond donors (Lipinski definition) is 1. The maximum atomic E-state index is 13.2. The van der Waals surface area contributed by atoms with Gasteiger partial charge in [0.25, 0.3) is 5.91 Å². The molecule has 4 rings (SSSR count). The third-order valence-electron chi connectivity index (χ3n) is 6.05. The molecule has 1 aromatic rings. The van der Waals surface area contributed by atoms with E-state index in [1.54, 1.807) is 0 Å². The Balaban J connectivity index is 0.00000182. The molecule has 0 radical (unpaired) electrons. The number of carbonyl (C=O) groups is 2. The van der Waals surface area contributed by atoms with Gasteiger partial charge in [0.2, 0.25) is 5.91 Å². The van der Waals surface area contributed by atoms with Gasteiger partial charge in [-0.25, -0.2) is 0 Å². The van der Waals surface area contributed by atoms with E-state index in [9.17, 15) is 9.59 Å². The van der Waals surface area contributed by atoms with Crippen LogP contribution in [0.25, 0.3) is 0 Å². The van der Waals surface area contributed by atoms with Crippen molar-refractivity contribution < 1.29 is 9.59 Å². The second-order valence-electron chi connectivity index (χ2n) is 7.29. The van der Waals surface area contributed by atoms with Crippen LogP contribution in [0.1, 0.15) is 35.4 Å². The highest BCUT2D eigenvalue weighted by molar-refractivity contribution is 7.12. The summed E-state index contributed by atoms with van der Waals surface area (Å²) in [5.41, 5.74) is -0.168. The highest BCUT2D eigenvalue weighted by atomic mass is 35.5. The highest BCUT2D eigenvalue weighted by Gasteiger charge is 2.51. The normalized spacial score (nSPS) is 29.0. The van der Waals surface area contributed by atoms with E-state index in [2.05, 4.69) is 5.32 Å². The Hall–Kier alpha value is -1.11. The van der Waals surface area contributed by atoms with Crippen LogP contribution < -0.4 is 5.32 Å². The number of nitrogens with one attached hydrogen (secondary N) is 1. The van der Waals surface area contributed by atoms with Gasteiger partial charge in [-0.1, -0.05) is 18.9 Å². The number of fused-ring (bicyclic) bond motifs is 1. The number of nitrogens with zero attached hydrogens (tertiary/aromatic N) is 2. The Morgan fingerprint density at radius 1 is 1.16 bits per heavy atom. The summed E-state index contributed by atoms with van der Waals surface area (Å²) in [6.07, 6.45) is 4.62. The molecule has 3 aliphatic rings. The molecule has 7 heteroatoms. The van der Waals surface area contributed by atoms with Crippen LogP contribution in [-0.4, -0.2) is 60.9 Å². The lowest BCUT2D eigenvalue weighted by Gasteiger charge is -2.43. The average Bonchev–Trinajstić information content (AvgIpc) is 3.30. The van der Waals surface area contributed by atoms with E-state index in [1.165, 1.54) is 30.6 Å². The number of halogens is 1. The van der Waals surface area contributed by atoms with Crippen molar-refractivity contribution in [3.8, 4) is 0 Å². The van der Waals surface area contributed by atoms with Gasteiger partial charge in [0.05, 0.1) is 10.3 Å². The van der Waals surface area contributed by atoms with Crippen LogP contribution in [0.15, 0.2) is 17.5 Å². The molecule has 1 N–H and O–H groups in total. The van der Waals surface area contributed by atoms with Gasteiger partial charge in [-0.05, 0) is 36.8 Å². The van der Waals surface area contributed by atoms with Crippen LogP contribution in [0.2, 0.25) is 0 Å².